The van der Waals surface area contributed by atoms with E-state index in [0.717, 1.165) is 114 Å². The molecule has 0 aliphatic carbocycles. The first kappa shape index (κ1) is 84.1. The molecule has 0 aliphatic rings. The SMILES string of the molecule is CCCCCCCCCCCCCCCCCC(=O)O[C@H](COC(=O)CCCCCCCCCCC(C)C)COP(=O)(O)OC[C@@H](O)COP(=O)(O)OC[C@@H](COC(=O)CCCCCCCCC(C)CC)OC(=O)CCCCCCCCC(C)CC. The summed E-state index contributed by atoms with van der Waals surface area (Å²) in [5.74, 6) is 0.0430. The van der Waals surface area contributed by atoms with Gasteiger partial charge in [-0.05, 0) is 43.4 Å². The van der Waals surface area contributed by atoms with Crippen molar-refractivity contribution in [3.8, 4) is 0 Å². The Balaban J connectivity index is 5.25. The molecule has 0 rings (SSSR count). The maximum absolute atomic E-state index is 13.0. The van der Waals surface area contributed by atoms with Gasteiger partial charge in [-0.1, -0.05) is 280 Å². The molecular formula is C67H130O17P2. The van der Waals surface area contributed by atoms with Gasteiger partial charge in [-0.15, -0.1) is 0 Å². The van der Waals surface area contributed by atoms with E-state index in [0.29, 0.717) is 25.7 Å². The summed E-state index contributed by atoms with van der Waals surface area (Å²) in [6.07, 6.45) is 40.4. The van der Waals surface area contributed by atoms with Gasteiger partial charge in [-0.25, -0.2) is 9.13 Å². The predicted octanol–water partition coefficient (Wildman–Crippen LogP) is 18.7. The van der Waals surface area contributed by atoms with Crippen LogP contribution in [0.5, 0.6) is 0 Å². The second-order valence-electron chi connectivity index (χ2n) is 25.2. The zero-order valence-electron chi connectivity index (χ0n) is 55.8. The fourth-order valence-electron chi connectivity index (χ4n) is 9.95. The molecule has 0 heterocycles. The van der Waals surface area contributed by atoms with Gasteiger partial charge in [0.15, 0.2) is 12.2 Å². The summed E-state index contributed by atoms with van der Waals surface area (Å²) in [6.45, 7) is 11.7. The molecule has 0 saturated carbocycles. The van der Waals surface area contributed by atoms with Crippen molar-refractivity contribution in [2.24, 2.45) is 17.8 Å². The van der Waals surface area contributed by atoms with Crippen LogP contribution in [0.3, 0.4) is 0 Å². The maximum Gasteiger partial charge on any atom is 0.472 e. The van der Waals surface area contributed by atoms with Crippen LogP contribution in [0, 0.1) is 17.8 Å². The van der Waals surface area contributed by atoms with E-state index in [1.165, 1.54) is 135 Å². The molecule has 0 aromatic rings. The molecule has 0 aromatic carbocycles. The van der Waals surface area contributed by atoms with Crippen LogP contribution < -0.4 is 0 Å². The first-order chi connectivity index (χ1) is 41.3. The third-order valence-electron chi connectivity index (χ3n) is 16.1. The highest BCUT2D eigenvalue weighted by atomic mass is 31.2. The lowest BCUT2D eigenvalue weighted by atomic mass is 10.00. The monoisotopic (exact) mass is 1270 g/mol. The van der Waals surface area contributed by atoms with Crippen LogP contribution >= 0.6 is 15.6 Å². The minimum absolute atomic E-state index is 0.102. The highest BCUT2D eigenvalue weighted by Crippen LogP contribution is 2.45. The van der Waals surface area contributed by atoms with Gasteiger partial charge in [-0.3, -0.25) is 37.3 Å². The van der Waals surface area contributed by atoms with Gasteiger partial charge >= 0.3 is 39.5 Å². The molecule has 0 aliphatic heterocycles. The van der Waals surface area contributed by atoms with Crippen LogP contribution in [0.15, 0.2) is 0 Å². The Labute approximate surface area is 524 Å². The molecular weight excluding hydrogens is 1140 g/mol. The van der Waals surface area contributed by atoms with Crippen LogP contribution in [0.25, 0.3) is 0 Å². The Morgan fingerprint density at radius 1 is 0.337 bits per heavy atom. The van der Waals surface area contributed by atoms with Crippen molar-refractivity contribution in [2.75, 3.05) is 39.6 Å². The molecule has 0 aromatic heterocycles. The molecule has 0 saturated heterocycles. The van der Waals surface area contributed by atoms with Crippen LogP contribution in [-0.2, 0) is 65.4 Å². The van der Waals surface area contributed by atoms with Gasteiger partial charge in [0.25, 0.3) is 0 Å². The van der Waals surface area contributed by atoms with Gasteiger partial charge in [0, 0.05) is 25.7 Å². The van der Waals surface area contributed by atoms with E-state index in [1.54, 1.807) is 0 Å². The number of aliphatic hydroxyl groups is 1. The second-order valence-corrected chi connectivity index (χ2v) is 28.1. The molecule has 0 radical (unpaired) electrons. The molecule has 0 bridgehead atoms. The average molecular weight is 1270 g/mol. The molecule has 86 heavy (non-hydrogen) atoms. The zero-order chi connectivity index (χ0) is 63.8. The average Bonchev–Trinajstić information content (AvgIpc) is 3.59. The predicted molar refractivity (Wildman–Crippen MR) is 344 cm³/mol. The van der Waals surface area contributed by atoms with Gasteiger partial charge in [0.1, 0.15) is 19.3 Å². The highest BCUT2D eigenvalue weighted by molar-refractivity contribution is 7.47. The van der Waals surface area contributed by atoms with Crippen molar-refractivity contribution in [3.05, 3.63) is 0 Å². The summed E-state index contributed by atoms with van der Waals surface area (Å²) in [4.78, 5) is 72.4. The van der Waals surface area contributed by atoms with Crippen molar-refractivity contribution >= 4 is 39.5 Å². The minimum atomic E-state index is -4.95. The van der Waals surface area contributed by atoms with E-state index in [1.807, 2.05) is 0 Å². The van der Waals surface area contributed by atoms with E-state index >= 15 is 0 Å². The third kappa shape index (κ3) is 58.4. The van der Waals surface area contributed by atoms with Crippen LogP contribution in [0.1, 0.15) is 331 Å². The Bertz CT molecular complexity index is 1700. The van der Waals surface area contributed by atoms with E-state index in [4.69, 9.17) is 37.0 Å². The first-order valence-corrected chi connectivity index (χ1v) is 37.9. The van der Waals surface area contributed by atoms with Crippen molar-refractivity contribution < 1.29 is 80.2 Å². The number of unbranched alkanes of at least 4 members (excludes halogenated alkanes) is 31. The number of hydrogen-bond acceptors (Lipinski definition) is 15. The smallest absolute Gasteiger partial charge is 0.462 e. The fraction of sp³-hybridized carbons (Fsp3) is 0.940. The van der Waals surface area contributed by atoms with Crippen LogP contribution in [-0.4, -0.2) is 96.7 Å². The summed E-state index contributed by atoms with van der Waals surface area (Å²) in [5.41, 5.74) is 0. The molecule has 3 N–H and O–H groups in total. The number of ether oxygens (including phenoxy) is 4. The van der Waals surface area contributed by atoms with Crippen molar-refractivity contribution in [1.29, 1.82) is 0 Å². The minimum Gasteiger partial charge on any atom is -0.462 e. The number of esters is 4. The third-order valence-corrected chi connectivity index (χ3v) is 18.0. The molecule has 7 atom stereocenters. The summed E-state index contributed by atoms with van der Waals surface area (Å²) in [6, 6.07) is 0. The molecule has 19 heteroatoms. The molecule has 17 nitrogen and oxygen atoms in total. The number of hydrogen-bond donors (Lipinski definition) is 3. The Morgan fingerprint density at radius 3 is 0.884 bits per heavy atom. The largest absolute Gasteiger partial charge is 0.472 e. The summed E-state index contributed by atoms with van der Waals surface area (Å²) >= 11 is 0. The topological polar surface area (TPSA) is 237 Å². The normalized spacial score (nSPS) is 14.9. The molecule has 0 spiro atoms. The number of rotatable bonds is 65. The summed E-state index contributed by atoms with van der Waals surface area (Å²) < 4.78 is 68.1. The van der Waals surface area contributed by atoms with Crippen molar-refractivity contribution in [3.63, 3.8) is 0 Å². The van der Waals surface area contributed by atoms with Crippen LogP contribution in [0.4, 0.5) is 0 Å². The van der Waals surface area contributed by atoms with E-state index in [9.17, 15) is 43.2 Å². The van der Waals surface area contributed by atoms with Gasteiger partial charge < -0.3 is 33.8 Å². The standard InChI is InChI=1S/C67H130O17P2/c1-8-11-12-13-14-15-16-17-18-19-20-21-26-36-43-50-66(71)83-62(54-77-64(69)48-41-34-25-23-22-24-31-38-45-58(4)5)56-81-85(73,74)79-52-61(68)53-80-86(75,76)82-57-63(84-67(72)51-44-37-30-28-33-40-47-60(7)10-3)55-78-65(70)49-42-35-29-27-32-39-46-59(6)9-2/h58-63,68H,8-57H2,1-7H3,(H,73,74)(H,75,76)/t59?,60?,61-,62-,63-/m1/s1. The van der Waals surface area contributed by atoms with Gasteiger partial charge in [0.05, 0.1) is 26.4 Å². The summed E-state index contributed by atoms with van der Waals surface area (Å²) in [7, 11) is -9.89. The Morgan fingerprint density at radius 2 is 0.593 bits per heavy atom. The van der Waals surface area contributed by atoms with Gasteiger partial charge in [0.2, 0.25) is 0 Å². The van der Waals surface area contributed by atoms with E-state index < -0.39 is 97.5 Å². The van der Waals surface area contributed by atoms with Crippen LogP contribution in [0.2, 0.25) is 0 Å². The lowest BCUT2D eigenvalue weighted by molar-refractivity contribution is -0.161. The number of carbonyl (C=O) groups excluding carboxylic acids is 4. The highest BCUT2D eigenvalue weighted by Gasteiger charge is 2.30. The Hall–Kier alpha value is -1.94. The number of phosphoric acid groups is 2. The second kappa shape index (κ2) is 58.2. The maximum atomic E-state index is 13.0. The van der Waals surface area contributed by atoms with E-state index in [-0.39, 0.29) is 25.7 Å². The van der Waals surface area contributed by atoms with Crippen molar-refractivity contribution in [2.45, 2.75) is 349 Å². The fourth-order valence-corrected chi connectivity index (χ4v) is 11.5. The number of carbonyl (C=O) groups is 4. The lowest BCUT2D eigenvalue weighted by Gasteiger charge is -2.21. The zero-order valence-corrected chi connectivity index (χ0v) is 57.6. The Kier molecular flexibility index (Phi) is 56.9. The van der Waals surface area contributed by atoms with Gasteiger partial charge in [-0.2, -0.15) is 0 Å². The number of aliphatic hydroxyl groups excluding tert-OH is 1. The lowest BCUT2D eigenvalue weighted by Crippen LogP contribution is -2.30. The molecule has 0 fully saturated rings. The molecule has 4 unspecified atom stereocenters. The number of phosphoric ester groups is 2. The molecule has 510 valence electrons. The van der Waals surface area contributed by atoms with Crippen molar-refractivity contribution in [1.82, 2.24) is 0 Å². The quantitative estimate of drug-likeness (QED) is 0.0222. The first-order valence-electron chi connectivity index (χ1n) is 34.9. The summed E-state index contributed by atoms with van der Waals surface area (Å²) in [5, 5.41) is 10.6. The molecule has 0 amide bonds. The van der Waals surface area contributed by atoms with E-state index in [2.05, 4.69) is 48.5 Å².